The Morgan fingerprint density at radius 2 is 2.19 bits per heavy atom. The maximum atomic E-state index is 12.8. The fraction of sp³-hybridized carbons (Fsp3) is 0.200. The van der Waals surface area contributed by atoms with Gasteiger partial charge in [0.05, 0.1) is 0 Å². The lowest BCUT2D eigenvalue weighted by Gasteiger charge is -2.04. The Hall–Kier alpha value is -1.56. The van der Waals surface area contributed by atoms with E-state index in [0.29, 0.717) is 5.75 Å². The van der Waals surface area contributed by atoms with E-state index in [2.05, 4.69) is 4.99 Å². The number of nitrogens with one attached hydrogen (secondary N) is 1. The van der Waals surface area contributed by atoms with Crippen molar-refractivity contribution in [1.82, 2.24) is 0 Å². The average Bonchev–Trinajstić information content (AvgIpc) is 2.15. The molecule has 0 bridgehead atoms. The molecule has 0 spiro atoms. The van der Waals surface area contributed by atoms with E-state index in [9.17, 15) is 4.39 Å². The van der Waals surface area contributed by atoms with Crippen molar-refractivity contribution in [3.63, 3.8) is 0 Å². The number of amidine groups is 1. The highest BCUT2D eigenvalue weighted by molar-refractivity contribution is 8.13. The van der Waals surface area contributed by atoms with Crippen LogP contribution in [0.2, 0.25) is 0 Å². The topological polar surface area (TPSA) is 88.2 Å². The predicted molar refractivity (Wildman–Crippen MR) is 66.0 cm³/mol. The molecule has 0 saturated heterocycles. The third-order valence-electron chi connectivity index (χ3n) is 1.90. The Bertz CT molecular complexity index is 427. The van der Waals surface area contributed by atoms with Gasteiger partial charge in [0.15, 0.2) is 11.1 Å². The average molecular weight is 240 g/mol. The van der Waals surface area contributed by atoms with E-state index < -0.39 is 0 Å². The van der Waals surface area contributed by atoms with Crippen LogP contribution in [0.4, 0.5) is 4.39 Å². The lowest BCUT2D eigenvalue weighted by Crippen LogP contribution is -2.23. The van der Waals surface area contributed by atoms with E-state index in [1.165, 1.54) is 23.9 Å². The molecule has 0 unspecified atom stereocenters. The molecule has 0 amide bonds. The molecule has 86 valence electrons. The third kappa shape index (κ3) is 3.90. The monoisotopic (exact) mass is 240 g/mol. The summed E-state index contributed by atoms with van der Waals surface area (Å²) in [5.74, 6) is 0.153. The standard InChI is InChI=1S/C10H13FN4S/c1-6-4-8(11)3-2-7(6)5-16-10(14)15-9(12)13/h2-4H,5H2,1H3,(H5,12,13,14,15). The molecule has 0 aliphatic carbocycles. The summed E-state index contributed by atoms with van der Waals surface area (Å²) in [6, 6.07) is 4.55. The SMILES string of the molecule is Cc1cc(F)ccc1CSC(=N)N=C(N)N. The zero-order chi connectivity index (χ0) is 12.1. The Labute approximate surface area is 97.4 Å². The molecule has 0 aliphatic heterocycles. The van der Waals surface area contributed by atoms with E-state index >= 15 is 0 Å². The Kier molecular flexibility index (Phi) is 4.30. The molecule has 6 heteroatoms. The van der Waals surface area contributed by atoms with Gasteiger partial charge in [-0.2, -0.15) is 4.99 Å². The zero-order valence-corrected chi connectivity index (χ0v) is 9.64. The van der Waals surface area contributed by atoms with Crippen LogP contribution in [0.1, 0.15) is 11.1 Å². The molecule has 0 aliphatic rings. The second kappa shape index (κ2) is 5.50. The highest BCUT2D eigenvalue weighted by Gasteiger charge is 2.02. The number of hydrogen-bond donors (Lipinski definition) is 3. The minimum Gasteiger partial charge on any atom is -0.370 e. The fourth-order valence-corrected chi connectivity index (χ4v) is 1.90. The summed E-state index contributed by atoms with van der Waals surface area (Å²) in [6.07, 6.45) is 0. The first-order valence-corrected chi connectivity index (χ1v) is 5.53. The highest BCUT2D eigenvalue weighted by Crippen LogP contribution is 2.18. The van der Waals surface area contributed by atoms with Gasteiger partial charge in [0.1, 0.15) is 5.82 Å². The second-order valence-electron chi connectivity index (χ2n) is 3.20. The number of guanidine groups is 1. The van der Waals surface area contributed by atoms with Gasteiger partial charge in [-0.3, -0.25) is 5.41 Å². The summed E-state index contributed by atoms with van der Waals surface area (Å²) in [5, 5.41) is 7.47. The van der Waals surface area contributed by atoms with Gasteiger partial charge in [-0.1, -0.05) is 17.8 Å². The predicted octanol–water partition coefficient (Wildman–Crippen LogP) is 1.58. The first-order valence-electron chi connectivity index (χ1n) is 4.55. The highest BCUT2D eigenvalue weighted by atomic mass is 32.2. The van der Waals surface area contributed by atoms with Crippen LogP contribution in [-0.4, -0.2) is 11.1 Å². The van der Waals surface area contributed by atoms with Crippen molar-refractivity contribution in [2.45, 2.75) is 12.7 Å². The molecule has 4 nitrogen and oxygen atoms in total. The normalized spacial score (nSPS) is 9.88. The molecule has 0 aromatic heterocycles. The molecule has 5 N–H and O–H groups in total. The summed E-state index contributed by atoms with van der Waals surface area (Å²) in [4.78, 5) is 3.58. The first kappa shape index (κ1) is 12.5. The molecule has 1 rings (SSSR count). The van der Waals surface area contributed by atoms with Gasteiger partial charge in [0, 0.05) is 5.75 Å². The van der Waals surface area contributed by atoms with Crippen LogP contribution in [0, 0.1) is 18.2 Å². The minimum absolute atomic E-state index is 0.0451. The summed E-state index contributed by atoms with van der Waals surface area (Å²) in [5.41, 5.74) is 12.1. The number of benzene rings is 1. The van der Waals surface area contributed by atoms with E-state index in [-0.39, 0.29) is 16.9 Å². The minimum atomic E-state index is -0.259. The van der Waals surface area contributed by atoms with Gasteiger partial charge in [0.25, 0.3) is 0 Å². The van der Waals surface area contributed by atoms with Gasteiger partial charge in [-0.05, 0) is 30.2 Å². The van der Waals surface area contributed by atoms with Crippen LogP contribution >= 0.6 is 11.8 Å². The van der Waals surface area contributed by atoms with Gasteiger partial charge in [-0.25, -0.2) is 4.39 Å². The molecule has 0 atom stereocenters. The molecule has 0 saturated carbocycles. The van der Waals surface area contributed by atoms with Gasteiger partial charge < -0.3 is 11.5 Å². The van der Waals surface area contributed by atoms with Crippen LogP contribution in [-0.2, 0) is 5.75 Å². The first-order chi connectivity index (χ1) is 7.49. The zero-order valence-electron chi connectivity index (χ0n) is 8.83. The van der Waals surface area contributed by atoms with Crippen molar-refractivity contribution in [2.24, 2.45) is 16.5 Å². The number of nitrogens with two attached hydrogens (primary N) is 2. The number of thioether (sulfide) groups is 1. The smallest absolute Gasteiger partial charge is 0.193 e. The van der Waals surface area contributed by atoms with E-state index in [0.717, 1.165) is 11.1 Å². The maximum absolute atomic E-state index is 12.8. The van der Waals surface area contributed by atoms with Crippen molar-refractivity contribution in [3.8, 4) is 0 Å². The van der Waals surface area contributed by atoms with Crippen molar-refractivity contribution in [3.05, 3.63) is 35.1 Å². The number of aryl methyl sites for hydroxylation is 1. The molecular weight excluding hydrogens is 227 g/mol. The summed E-state index contributed by atoms with van der Waals surface area (Å²) in [7, 11) is 0. The van der Waals surface area contributed by atoms with E-state index in [1.807, 2.05) is 6.92 Å². The van der Waals surface area contributed by atoms with Crippen molar-refractivity contribution in [2.75, 3.05) is 0 Å². The number of rotatable bonds is 2. The van der Waals surface area contributed by atoms with Crippen molar-refractivity contribution < 1.29 is 4.39 Å². The Morgan fingerprint density at radius 3 is 2.75 bits per heavy atom. The molecule has 1 aromatic carbocycles. The molecule has 0 fully saturated rings. The summed E-state index contributed by atoms with van der Waals surface area (Å²) >= 11 is 1.19. The van der Waals surface area contributed by atoms with Gasteiger partial charge >= 0.3 is 0 Å². The molecule has 16 heavy (non-hydrogen) atoms. The van der Waals surface area contributed by atoms with Crippen LogP contribution in [0.25, 0.3) is 0 Å². The largest absolute Gasteiger partial charge is 0.370 e. The third-order valence-corrected chi connectivity index (χ3v) is 2.72. The number of aliphatic imine (C=N–C) groups is 1. The van der Waals surface area contributed by atoms with Crippen LogP contribution in [0.15, 0.2) is 23.2 Å². The Morgan fingerprint density at radius 1 is 1.50 bits per heavy atom. The quantitative estimate of drug-likeness (QED) is 0.541. The number of halogens is 1. The van der Waals surface area contributed by atoms with Crippen molar-refractivity contribution >= 4 is 22.9 Å². The van der Waals surface area contributed by atoms with Gasteiger partial charge in [0.2, 0.25) is 0 Å². The Balaban J connectivity index is 2.62. The number of hydrogen-bond acceptors (Lipinski definition) is 2. The lowest BCUT2D eigenvalue weighted by atomic mass is 10.1. The van der Waals surface area contributed by atoms with Gasteiger partial charge in [-0.15, -0.1) is 0 Å². The summed E-state index contributed by atoms with van der Waals surface area (Å²) in [6.45, 7) is 1.82. The van der Waals surface area contributed by atoms with E-state index in [4.69, 9.17) is 16.9 Å². The van der Waals surface area contributed by atoms with Crippen molar-refractivity contribution in [1.29, 1.82) is 5.41 Å². The molecule has 0 heterocycles. The van der Waals surface area contributed by atoms with Crippen LogP contribution < -0.4 is 11.5 Å². The van der Waals surface area contributed by atoms with Crippen LogP contribution in [0.3, 0.4) is 0 Å². The fourth-order valence-electron chi connectivity index (χ4n) is 1.12. The second-order valence-corrected chi connectivity index (χ2v) is 4.17. The lowest BCUT2D eigenvalue weighted by molar-refractivity contribution is 0.626. The van der Waals surface area contributed by atoms with Crippen LogP contribution in [0.5, 0.6) is 0 Å². The molecule has 1 aromatic rings. The van der Waals surface area contributed by atoms with E-state index in [1.54, 1.807) is 6.07 Å². The molecule has 0 radical (unpaired) electrons. The number of nitrogens with zero attached hydrogens (tertiary/aromatic N) is 1. The molecular formula is C10H13FN4S. The maximum Gasteiger partial charge on any atom is 0.193 e. The summed E-state index contributed by atoms with van der Waals surface area (Å²) < 4.78 is 12.8.